The van der Waals surface area contributed by atoms with E-state index in [0.29, 0.717) is 12.8 Å². The van der Waals surface area contributed by atoms with Gasteiger partial charge < -0.3 is 9.73 Å². The molecule has 0 saturated heterocycles. The standard InChI is InChI=1S/C11H14N2O2/c1-3-11(4-2,8-12)13-10(14)9-6-5-7-15-9/h5-7H,3-4H2,1-2H3,(H,13,14). The Balaban J connectivity index is 2.77. The zero-order valence-electron chi connectivity index (χ0n) is 8.91. The van der Waals surface area contributed by atoms with Gasteiger partial charge in [0.25, 0.3) is 5.91 Å². The van der Waals surface area contributed by atoms with Crippen LogP contribution < -0.4 is 5.32 Å². The van der Waals surface area contributed by atoms with Gasteiger partial charge >= 0.3 is 0 Å². The number of furan rings is 1. The Bertz CT molecular complexity index is 358. The molecule has 0 saturated carbocycles. The lowest BCUT2D eigenvalue weighted by molar-refractivity contribution is 0.0887. The minimum absolute atomic E-state index is 0.233. The highest BCUT2D eigenvalue weighted by molar-refractivity contribution is 5.92. The first-order chi connectivity index (χ1) is 7.17. The van der Waals surface area contributed by atoms with Gasteiger partial charge in [0.2, 0.25) is 0 Å². The van der Waals surface area contributed by atoms with Crippen molar-refractivity contribution in [2.24, 2.45) is 0 Å². The molecule has 0 aliphatic heterocycles. The molecular weight excluding hydrogens is 192 g/mol. The Hall–Kier alpha value is -1.76. The van der Waals surface area contributed by atoms with Gasteiger partial charge in [-0.25, -0.2) is 0 Å². The highest BCUT2D eigenvalue weighted by Crippen LogP contribution is 2.14. The summed E-state index contributed by atoms with van der Waals surface area (Å²) in [5.74, 6) is -0.109. The quantitative estimate of drug-likeness (QED) is 0.820. The molecule has 0 radical (unpaired) electrons. The second-order valence-electron chi connectivity index (χ2n) is 3.33. The van der Waals surface area contributed by atoms with Crippen LogP contribution in [0.4, 0.5) is 0 Å². The average molecular weight is 206 g/mol. The second kappa shape index (κ2) is 4.65. The van der Waals surface area contributed by atoms with E-state index in [-0.39, 0.29) is 11.7 Å². The maximum atomic E-state index is 11.6. The van der Waals surface area contributed by atoms with Gasteiger partial charge in [-0.15, -0.1) is 0 Å². The predicted molar refractivity (Wildman–Crippen MR) is 55.1 cm³/mol. The lowest BCUT2D eigenvalue weighted by atomic mass is 9.94. The highest BCUT2D eigenvalue weighted by Gasteiger charge is 2.28. The Kier molecular flexibility index (Phi) is 3.51. The first-order valence-corrected chi connectivity index (χ1v) is 4.94. The minimum atomic E-state index is -0.788. The van der Waals surface area contributed by atoms with Crippen LogP contribution in [0.5, 0.6) is 0 Å². The summed E-state index contributed by atoms with van der Waals surface area (Å²) in [7, 11) is 0. The van der Waals surface area contributed by atoms with E-state index in [1.165, 1.54) is 6.26 Å². The number of hydrogen-bond donors (Lipinski definition) is 1. The number of carbonyl (C=O) groups is 1. The molecule has 15 heavy (non-hydrogen) atoms. The second-order valence-corrected chi connectivity index (χ2v) is 3.33. The van der Waals surface area contributed by atoms with E-state index in [0.717, 1.165) is 0 Å². The van der Waals surface area contributed by atoms with E-state index in [2.05, 4.69) is 11.4 Å². The molecule has 1 aromatic heterocycles. The topological polar surface area (TPSA) is 66.0 Å². The van der Waals surface area contributed by atoms with Crippen LogP contribution in [0.3, 0.4) is 0 Å². The maximum Gasteiger partial charge on any atom is 0.288 e. The van der Waals surface area contributed by atoms with Gasteiger partial charge in [-0.2, -0.15) is 5.26 Å². The molecule has 0 bridgehead atoms. The van der Waals surface area contributed by atoms with Crippen LogP contribution in [0.1, 0.15) is 37.2 Å². The molecule has 0 aliphatic rings. The summed E-state index contributed by atoms with van der Waals surface area (Å²) in [5, 5.41) is 11.7. The fraction of sp³-hybridized carbons (Fsp3) is 0.455. The number of rotatable bonds is 4. The summed E-state index contributed by atoms with van der Waals surface area (Å²) in [4.78, 5) is 11.6. The summed E-state index contributed by atoms with van der Waals surface area (Å²) in [5.41, 5.74) is -0.788. The number of nitrogens with one attached hydrogen (secondary N) is 1. The number of carbonyl (C=O) groups excluding carboxylic acids is 1. The van der Waals surface area contributed by atoms with Crippen LogP contribution in [0.15, 0.2) is 22.8 Å². The lowest BCUT2D eigenvalue weighted by Crippen LogP contribution is -2.46. The number of amides is 1. The van der Waals surface area contributed by atoms with Gasteiger partial charge in [-0.1, -0.05) is 13.8 Å². The first kappa shape index (κ1) is 11.3. The monoisotopic (exact) mass is 206 g/mol. The third kappa shape index (κ3) is 2.38. The fourth-order valence-electron chi connectivity index (χ4n) is 1.30. The Morgan fingerprint density at radius 1 is 1.60 bits per heavy atom. The molecule has 1 aromatic rings. The number of hydrogen-bond acceptors (Lipinski definition) is 3. The van der Waals surface area contributed by atoms with Crippen LogP contribution in [-0.2, 0) is 0 Å². The van der Waals surface area contributed by atoms with Crippen molar-refractivity contribution in [1.82, 2.24) is 5.32 Å². The van der Waals surface area contributed by atoms with Crippen LogP contribution in [0, 0.1) is 11.3 Å². The molecule has 0 unspecified atom stereocenters. The van der Waals surface area contributed by atoms with Crippen LogP contribution >= 0.6 is 0 Å². The Morgan fingerprint density at radius 3 is 2.67 bits per heavy atom. The van der Waals surface area contributed by atoms with Crippen molar-refractivity contribution in [3.05, 3.63) is 24.2 Å². The van der Waals surface area contributed by atoms with Crippen molar-refractivity contribution in [2.45, 2.75) is 32.2 Å². The predicted octanol–water partition coefficient (Wildman–Crippen LogP) is 2.09. The minimum Gasteiger partial charge on any atom is -0.459 e. The van der Waals surface area contributed by atoms with Crippen molar-refractivity contribution in [2.75, 3.05) is 0 Å². The summed E-state index contributed by atoms with van der Waals surface area (Å²) in [6.45, 7) is 3.74. The van der Waals surface area contributed by atoms with Gasteiger partial charge in [-0.3, -0.25) is 4.79 Å². The van der Waals surface area contributed by atoms with Crippen molar-refractivity contribution < 1.29 is 9.21 Å². The molecule has 4 nitrogen and oxygen atoms in total. The Labute approximate surface area is 88.9 Å². The van der Waals surface area contributed by atoms with Crippen molar-refractivity contribution >= 4 is 5.91 Å². The maximum absolute atomic E-state index is 11.6. The van der Waals surface area contributed by atoms with Gasteiger partial charge in [0, 0.05) is 0 Å². The normalized spacial score (nSPS) is 10.7. The van der Waals surface area contributed by atoms with Crippen molar-refractivity contribution in [1.29, 1.82) is 5.26 Å². The molecular formula is C11H14N2O2. The van der Waals surface area contributed by atoms with Crippen LogP contribution in [0.2, 0.25) is 0 Å². The van der Waals surface area contributed by atoms with E-state index in [1.807, 2.05) is 13.8 Å². The summed E-state index contributed by atoms with van der Waals surface area (Å²) in [6.07, 6.45) is 2.58. The zero-order valence-corrected chi connectivity index (χ0v) is 8.91. The van der Waals surface area contributed by atoms with Gasteiger partial charge in [-0.05, 0) is 25.0 Å². The molecule has 0 aliphatic carbocycles. The molecule has 1 heterocycles. The molecule has 1 amide bonds. The summed E-state index contributed by atoms with van der Waals surface area (Å²) < 4.78 is 4.95. The van der Waals surface area contributed by atoms with Crippen molar-refractivity contribution in [3.63, 3.8) is 0 Å². The van der Waals surface area contributed by atoms with Gasteiger partial charge in [0.05, 0.1) is 12.3 Å². The molecule has 80 valence electrons. The van der Waals surface area contributed by atoms with E-state index in [9.17, 15) is 4.79 Å². The van der Waals surface area contributed by atoms with Crippen LogP contribution in [-0.4, -0.2) is 11.4 Å². The molecule has 1 rings (SSSR count). The molecule has 0 fully saturated rings. The zero-order chi connectivity index (χ0) is 11.3. The molecule has 1 N–H and O–H groups in total. The van der Waals surface area contributed by atoms with E-state index >= 15 is 0 Å². The molecule has 0 spiro atoms. The smallest absolute Gasteiger partial charge is 0.288 e. The first-order valence-electron chi connectivity index (χ1n) is 4.94. The third-order valence-corrected chi connectivity index (χ3v) is 2.52. The van der Waals surface area contributed by atoms with Crippen LogP contribution in [0.25, 0.3) is 0 Å². The number of nitriles is 1. The molecule has 0 aromatic carbocycles. The highest BCUT2D eigenvalue weighted by atomic mass is 16.3. The van der Waals surface area contributed by atoms with E-state index in [4.69, 9.17) is 9.68 Å². The third-order valence-electron chi connectivity index (χ3n) is 2.52. The van der Waals surface area contributed by atoms with E-state index in [1.54, 1.807) is 12.1 Å². The van der Waals surface area contributed by atoms with Crippen molar-refractivity contribution in [3.8, 4) is 6.07 Å². The largest absolute Gasteiger partial charge is 0.459 e. The summed E-state index contributed by atoms with van der Waals surface area (Å²) in [6, 6.07) is 5.35. The molecule has 0 atom stereocenters. The Morgan fingerprint density at radius 2 is 2.27 bits per heavy atom. The lowest BCUT2D eigenvalue weighted by Gasteiger charge is -2.24. The van der Waals surface area contributed by atoms with Gasteiger partial charge in [0.15, 0.2) is 5.76 Å². The summed E-state index contributed by atoms with van der Waals surface area (Å²) >= 11 is 0. The van der Waals surface area contributed by atoms with E-state index < -0.39 is 5.54 Å². The number of nitrogens with zero attached hydrogens (tertiary/aromatic N) is 1. The molecule has 4 heteroatoms. The fourth-order valence-corrected chi connectivity index (χ4v) is 1.30. The average Bonchev–Trinajstić information content (AvgIpc) is 2.79. The SMILES string of the molecule is CCC(C#N)(CC)NC(=O)c1ccco1. The van der Waals surface area contributed by atoms with Gasteiger partial charge in [0.1, 0.15) is 5.54 Å².